The predicted molar refractivity (Wildman–Crippen MR) is 58.6 cm³/mol. The molecule has 0 fully saturated rings. The smallest absolute Gasteiger partial charge is 0.171 e. The van der Waals surface area contributed by atoms with Gasteiger partial charge >= 0.3 is 0 Å². The van der Waals surface area contributed by atoms with Crippen LogP contribution in [0.2, 0.25) is 10.0 Å². The van der Waals surface area contributed by atoms with E-state index in [1.807, 2.05) is 0 Å². The predicted octanol–water partition coefficient (Wildman–Crippen LogP) is 3.72. The third-order valence-corrected chi connectivity index (χ3v) is 3.51. The highest BCUT2D eigenvalue weighted by Crippen LogP contribution is 2.41. The molecule has 0 bridgehead atoms. The van der Waals surface area contributed by atoms with E-state index < -0.39 is 0 Å². The van der Waals surface area contributed by atoms with Crippen LogP contribution >= 0.6 is 39.1 Å². The van der Waals surface area contributed by atoms with Crippen molar-refractivity contribution in [3.63, 3.8) is 0 Å². The fourth-order valence-corrected chi connectivity index (χ4v) is 2.40. The maximum Gasteiger partial charge on any atom is 0.171 e. The van der Waals surface area contributed by atoms with Crippen LogP contribution in [0.25, 0.3) is 0 Å². The number of Topliss-reactive ketones (excluding diaryl/α,β-unsaturated/α-hetero) is 1. The second kappa shape index (κ2) is 3.72. The number of ether oxygens (including phenoxy) is 1. The van der Waals surface area contributed by atoms with Crippen LogP contribution in [-0.4, -0.2) is 12.4 Å². The monoisotopic (exact) mass is 294 g/mol. The van der Waals surface area contributed by atoms with E-state index in [1.165, 1.54) is 0 Å². The Morgan fingerprint density at radius 1 is 1.43 bits per heavy atom. The molecule has 0 N–H and O–H groups in total. The summed E-state index contributed by atoms with van der Waals surface area (Å²) >= 11 is 15.1. The molecule has 5 heteroatoms. The summed E-state index contributed by atoms with van der Waals surface area (Å²) in [7, 11) is 0. The number of carbonyl (C=O) groups excluding carboxylic acids is 1. The molecule has 1 heterocycles. The zero-order chi connectivity index (χ0) is 10.3. The van der Waals surface area contributed by atoms with Crippen LogP contribution in [-0.2, 0) is 0 Å². The first-order valence-electron chi connectivity index (χ1n) is 3.94. The number of benzene rings is 1. The van der Waals surface area contributed by atoms with Crippen molar-refractivity contribution in [1.29, 1.82) is 0 Å². The quantitative estimate of drug-likeness (QED) is 0.682. The minimum absolute atomic E-state index is 0.0283. The molecule has 0 aromatic heterocycles. The molecule has 0 spiro atoms. The van der Waals surface area contributed by atoms with Gasteiger partial charge in [-0.15, -0.1) is 0 Å². The Hall–Kier alpha value is -0.250. The topological polar surface area (TPSA) is 26.3 Å². The SMILES string of the molecule is O=C1CCOc2c(Cl)cc(Br)c(Cl)c21. The molecule has 0 radical (unpaired) electrons. The van der Waals surface area contributed by atoms with Crippen molar-refractivity contribution >= 4 is 44.9 Å². The molecular formula is C9H5BrCl2O2. The summed E-state index contributed by atoms with van der Waals surface area (Å²) < 4.78 is 5.92. The number of fused-ring (bicyclic) bond motifs is 1. The van der Waals surface area contributed by atoms with Gasteiger partial charge in [0.05, 0.1) is 22.2 Å². The molecule has 1 aliphatic heterocycles. The Labute approximate surface area is 99.3 Å². The van der Waals surface area contributed by atoms with E-state index >= 15 is 0 Å². The molecule has 1 aromatic carbocycles. The van der Waals surface area contributed by atoms with Gasteiger partial charge in [0.1, 0.15) is 5.75 Å². The van der Waals surface area contributed by atoms with Crippen LogP contribution in [0.1, 0.15) is 16.8 Å². The summed E-state index contributed by atoms with van der Waals surface area (Å²) in [6.07, 6.45) is 0.347. The number of hydrogen-bond acceptors (Lipinski definition) is 2. The molecule has 0 unspecified atom stereocenters. The molecule has 0 saturated heterocycles. The highest BCUT2D eigenvalue weighted by atomic mass is 79.9. The Morgan fingerprint density at radius 2 is 2.14 bits per heavy atom. The number of hydrogen-bond donors (Lipinski definition) is 0. The van der Waals surface area contributed by atoms with E-state index in [9.17, 15) is 4.79 Å². The minimum Gasteiger partial charge on any atom is -0.491 e. The molecule has 2 rings (SSSR count). The summed E-state index contributed by atoms with van der Waals surface area (Å²) in [5.41, 5.74) is 0.386. The van der Waals surface area contributed by atoms with Gasteiger partial charge in [-0.2, -0.15) is 0 Å². The normalized spacial score (nSPS) is 14.9. The van der Waals surface area contributed by atoms with Crippen LogP contribution in [0.4, 0.5) is 0 Å². The number of halogens is 3. The van der Waals surface area contributed by atoms with E-state index in [2.05, 4.69) is 15.9 Å². The number of rotatable bonds is 0. The Morgan fingerprint density at radius 3 is 2.86 bits per heavy atom. The van der Waals surface area contributed by atoms with Gasteiger partial charge in [0, 0.05) is 10.9 Å². The molecule has 0 amide bonds. The maximum atomic E-state index is 11.6. The van der Waals surface area contributed by atoms with E-state index in [0.29, 0.717) is 38.9 Å². The van der Waals surface area contributed by atoms with Gasteiger partial charge < -0.3 is 4.74 Å². The summed E-state index contributed by atoms with van der Waals surface area (Å²) in [6.45, 7) is 0.365. The highest BCUT2D eigenvalue weighted by Gasteiger charge is 2.25. The third kappa shape index (κ3) is 1.53. The second-order valence-electron chi connectivity index (χ2n) is 2.88. The van der Waals surface area contributed by atoms with Crippen molar-refractivity contribution in [2.45, 2.75) is 6.42 Å². The van der Waals surface area contributed by atoms with Gasteiger partial charge in [-0.3, -0.25) is 4.79 Å². The lowest BCUT2D eigenvalue weighted by Crippen LogP contribution is -2.16. The lowest BCUT2D eigenvalue weighted by atomic mass is 10.1. The largest absolute Gasteiger partial charge is 0.491 e. The van der Waals surface area contributed by atoms with E-state index in [4.69, 9.17) is 27.9 Å². The van der Waals surface area contributed by atoms with Gasteiger partial charge in [-0.25, -0.2) is 0 Å². The lowest BCUT2D eigenvalue weighted by molar-refractivity contribution is 0.0933. The Balaban J connectivity index is 2.73. The molecule has 0 saturated carbocycles. The van der Waals surface area contributed by atoms with Crippen molar-refractivity contribution in [2.75, 3.05) is 6.61 Å². The summed E-state index contributed by atoms with van der Waals surface area (Å²) in [4.78, 5) is 11.6. The average Bonchev–Trinajstić information content (AvgIpc) is 2.14. The van der Waals surface area contributed by atoms with Crippen LogP contribution in [0.3, 0.4) is 0 Å². The van der Waals surface area contributed by atoms with Crippen molar-refractivity contribution < 1.29 is 9.53 Å². The fourth-order valence-electron chi connectivity index (χ4n) is 1.34. The van der Waals surface area contributed by atoms with Gasteiger partial charge in [0.2, 0.25) is 0 Å². The highest BCUT2D eigenvalue weighted by molar-refractivity contribution is 9.10. The van der Waals surface area contributed by atoms with Crippen molar-refractivity contribution in [1.82, 2.24) is 0 Å². The molecule has 0 atom stereocenters. The number of carbonyl (C=O) groups is 1. The second-order valence-corrected chi connectivity index (χ2v) is 4.52. The maximum absolute atomic E-state index is 11.6. The van der Waals surface area contributed by atoms with Crippen molar-refractivity contribution in [3.05, 3.63) is 26.1 Å². The zero-order valence-electron chi connectivity index (χ0n) is 6.94. The molecule has 14 heavy (non-hydrogen) atoms. The Kier molecular flexibility index (Phi) is 2.73. The number of ketones is 1. The minimum atomic E-state index is -0.0283. The van der Waals surface area contributed by atoms with Gasteiger partial charge in [0.15, 0.2) is 5.78 Å². The summed E-state index contributed by atoms with van der Waals surface area (Å²) in [5, 5.41) is 0.776. The molecular weight excluding hydrogens is 291 g/mol. The first kappa shape index (κ1) is 10.3. The van der Waals surface area contributed by atoms with Crippen molar-refractivity contribution in [3.8, 4) is 5.75 Å². The van der Waals surface area contributed by atoms with Crippen molar-refractivity contribution in [2.24, 2.45) is 0 Å². The van der Waals surface area contributed by atoms with E-state index in [-0.39, 0.29) is 5.78 Å². The molecule has 2 nitrogen and oxygen atoms in total. The van der Waals surface area contributed by atoms with Crippen LogP contribution < -0.4 is 4.74 Å². The lowest BCUT2D eigenvalue weighted by Gasteiger charge is -2.19. The van der Waals surface area contributed by atoms with E-state index in [1.54, 1.807) is 6.07 Å². The third-order valence-electron chi connectivity index (χ3n) is 1.98. The van der Waals surface area contributed by atoms with Crippen LogP contribution in [0.15, 0.2) is 10.5 Å². The summed E-state index contributed by atoms with van der Waals surface area (Å²) in [6, 6.07) is 1.63. The van der Waals surface area contributed by atoms with Crippen LogP contribution in [0, 0.1) is 0 Å². The van der Waals surface area contributed by atoms with Crippen LogP contribution in [0.5, 0.6) is 5.75 Å². The van der Waals surface area contributed by atoms with Gasteiger partial charge in [0.25, 0.3) is 0 Å². The van der Waals surface area contributed by atoms with Gasteiger partial charge in [-0.1, -0.05) is 23.2 Å². The molecule has 74 valence electrons. The Bertz CT molecular complexity index is 418. The average molecular weight is 296 g/mol. The standard InChI is InChI=1S/C9H5BrCl2O2/c10-4-3-5(11)9-7(8(4)12)6(13)1-2-14-9/h3H,1-2H2. The molecule has 1 aromatic rings. The van der Waals surface area contributed by atoms with E-state index in [0.717, 1.165) is 0 Å². The molecule has 1 aliphatic rings. The first-order valence-corrected chi connectivity index (χ1v) is 5.49. The fraction of sp³-hybridized carbons (Fsp3) is 0.222. The van der Waals surface area contributed by atoms with Gasteiger partial charge in [-0.05, 0) is 22.0 Å². The first-order chi connectivity index (χ1) is 6.61. The summed E-state index contributed by atoms with van der Waals surface area (Å²) in [5.74, 6) is 0.371. The molecule has 0 aliphatic carbocycles. The zero-order valence-corrected chi connectivity index (χ0v) is 10.0.